The van der Waals surface area contributed by atoms with Gasteiger partial charge in [-0.15, -0.1) is 24.0 Å². The first-order valence-corrected chi connectivity index (χ1v) is 10.5. The first-order valence-electron chi connectivity index (χ1n) is 10.2. The molecule has 0 saturated heterocycles. The Morgan fingerprint density at radius 2 is 1.77 bits per heavy atom. The zero-order valence-electron chi connectivity index (χ0n) is 17.6. The molecule has 0 aromatic heterocycles. The minimum Gasteiger partial charge on any atom is -0.357 e. The molecule has 0 bridgehead atoms. The Bertz CT molecular complexity index is 849. The molecule has 0 radical (unpaired) electrons. The fourth-order valence-corrected chi connectivity index (χ4v) is 3.71. The lowest BCUT2D eigenvalue weighted by Gasteiger charge is -2.22. The van der Waals surface area contributed by atoms with E-state index < -0.39 is 0 Å². The van der Waals surface area contributed by atoms with Crippen molar-refractivity contribution >= 4 is 47.4 Å². The minimum absolute atomic E-state index is 0. The van der Waals surface area contributed by atoms with Crippen molar-refractivity contribution in [2.45, 2.75) is 39.4 Å². The van der Waals surface area contributed by atoms with Crippen molar-refractivity contribution in [2.24, 2.45) is 4.99 Å². The van der Waals surface area contributed by atoms with Crippen LogP contribution in [0.5, 0.6) is 0 Å². The van der Waals surface area contributed by atoms with Gasteiger partial charge in [0.2, 0.25) is 5.91 Å². The highest BCUT2D eigenvalue weighted by atomic mass is 127. The molecule has 2 aromatic rings. The molecule has 1 amide bonds. The Balaban J connectivity index is 0.00000320. The van der Waals surface area contributed by atoms with E-state index in [1.165, 1.54) is 11.1 Å². The zero-order valence-corrected chi connectivity index (χ0v) is 20.7. The van der Waals surface area contributed by atoms with Crippen LogP contribution in [0.4, 0.5) is 0 Å². The molecule has 0 fully saturated rings. The number of amides is 1. The molecule has 1 aliphatic rings. The Hall–Kier alpha value is -1.80. The summed E-state index contributed by atoms with van der Waals surface area (Å²) < 4.78 is 0. The van der Waals surface area contributed by atoms with Crippen LogP contribution in [0.15, 0.2) is 53.5 Å². The summed E-state index contributed by atoms with van der Waals surface area (Å²) in [7, 11) is 2.00. The Labute approximate surface area is 201 Å². The second-order valence-electron chi connectivity index (χ2n) is 7.31. The maximum absolute atomic E-state index is 12.5. The Morgan fingerprint density at radius 3 is 2.40 bits per heavy atom. The van der Waals surface area contributed by atoms with E-state index in [0.717, 1.165) is 42.6 Å². The van der Waals surface area contributed by atoms with Gasteiger partial charge in [-0.25, -0.2) is 0 Å². The molecule has 7 heteroatoms. The predicted molar refractivity (Wildman–Crippen MR) is 134 cm³/mol. The molecular formula is C23H30ClIN4O. The summed E-state index contributed by atoms with van der Waals surface area (Å²) >= 11 is 6.28. The van der Waals surface area contributed by atoms with Crippen molar-refractivity contribution < 1.29 is 4.79 Å². The quantitative estimate of drug-likeness (QED) is 0.240. The van der Waals surface area contributed by atoms with E-state index in [4.69, 9.17) is 16.6 Å². The third kappa shape index (κ3) is 6.60. The van der Waals surface area contributed by atoms with E-state index in [9.17, 15) is 4.79 Å². The van der Waals surface area contributed by atoms with E-state index in [-0.39, 0.29) is 29.9 Å². The lowest BCUT2D eigenvalue weighted by molar-refractivity contribution is -0.131. The van der Waals surface area contributed by atoms with Gasteiger partial charge in [0.25, 0.3) is 0 Å². The second-order valence-corrected chi connectivity index (χ2v) is 7.71. The lowest BCUT2D eigenvalue weighted by atomic mass is 10.1. The number of benzene rings is 2. The smallest absolute Gasteiger partial charge is 0.223 e. The number of nitrogens with zero attached hydrogens (tertiary/aromatic N) is 3. The largest absolute Gasteiger partial charge is 0.357 e. The highest BCUT2D eigenvalue weighted by Gasteiger charge is 2.22. The number of fused-ring (bicyclic) bond motifs is 1. The Kier molecular flexibility index (Phi) is 9.91. The van der Waals surface area contributed by atoms with Crippen LogP contribution in [-0.2, 0) is 24.4 Å². The molecule has 1 heterocycles. The van der Waals surface area contributed by atoms with E-state index >= 15 is 0 Å². The average Bonchev–Trinajstić information content (AvgIpc) is 3.16. The van der Waals surface area contributed by atoms with Crippen LogP contribution in [0, 0.1) is 0 Å². The predicted octanol–water partition coefficient (Wildman–Crippen LogP) is 4.68. The molecule has 2 aromatic carbocycles. The van der Waals surface area contributed by atoms with Gasteiger partial charge >= 0.3 is 0 Å². The van der Waals surface area contributed by atoms with E-state index in [2.05, 4.69) is 22.3 Å². The molecule has 162 valence electrons. The molecule has 0 aliphatic carbocycles. The van der Waals surface area contributed by atoms with Crippen molar-refractivity contribution in [3.05, 3.63) is 70.2 Å². The first kappa shape index (κ1) is 24.5. The van der Waals surface area contributed by atoms with Crippen LogP contribution in [0.1, 0.15) is 36.5 Å². The summed E-state index contributed by atoms with van der Waals surface area (Å²) in [6.07, 6.45) is 1.26. The molecule has 3 rings (SSSR count). The van der Waals surface area contributed by atoms with E-state index in [1.54, 1.807) is 0 Å². The number of guanidine groups is 1. The topological polar surface area (TPSA) is 47.9 Å². The lowest BCUT2D eigenvalue weighted by Crippen LogP contribution is -2.38. The number of hydrogen-bond donors (Lipinski definition) is 1. The summed E-state index contributed by atoms with van der Waals surface area (Å²) in [6, 6.07) is 16.1. The highest BCUT2D eigenvalue weighted by Crippen LogP contribution is 2.23. The minimum atomic E-state index is 0. The third-order valence-corrected chi connectivity index (χ3v) is 5.43. The van der Waals surface area contributed by atoms with Gasteiger partial charge in [0.1, 0.15) is 0 Å². The summed E-state index contributed by atoms with van der Waals surface area (Å²) in [5, 5.41) is 4.07. The zero-order chi connectivity index (χ0) is 20.6. The number of hydrogen-bond acceptors (Lipinski definition) is 2. The number of rotatable bonds is 7. The van der Waals surface area contributed by atoms with Crippen molar-refractivity contribution in [1.82, 2.24) is 15.1 Å². The van der Waals surface area contributed by atoms with Gasteiger partial charge in [0, 0.05) is 51.2 Å². The molecule has 1 aliphatic heterocycles. The molecule has 0 saturated carbocycles. The second kappa shape index (κ2) is 12.2. The van der Waals surface area contributed by atoms with Gasteiger partial charge in [0.15, 0.2) is 5.96 Å². The SMILES string of the molecule is CCNC(=NCCCC(=O)N1Cc2ccccc2C1)N(C)Cc1ccccc1Cl.I. The van der Waals surface area contributed by atoms with Gasteiger partial charge in [-0.1, -0.05) is 54.1 Å². The van der Waals surface area contributed by atoms with Crippen molar-refractivity contribution in [1.29, 1.82) is 0 Å². The number of nitrogens with one attached hydrogen (secondary N) is 1. The van der Waals surface area contributed by atoms with Crippen LogP contribution in [0.2, 0.25) is 5.02 Å². The molecule has 0 spiro atoms. The molecular weight excluding hydrogens is 511 g/mol. The van der Waals surface area contributed by atoms with E-state index in [0.29, 0.717) is 19.5 Å². The average molecular weight is 541 g/mol. The maximum atomic E-state index is 12.5. The maximum Gasteiger partial charge on any atom is 0.223 e. The van der Waals surface area contributed by atoms with Crippen LogP contribution < -0.4 is 5.32 Å². The molecule has 30 heavy (non-hydrogen) atoms. The van der Waals surface area contributed by atoms with Gasteiger partial charge in [-0.2, -0.15) is 0 Å². The Morgan fingerprint density at radius 1 is 1.13 bits per heavy atom. The molecule has 0 atom stereocenters. The normalized spacial score (nSPS) is 12.9. The standard InChI is InChI=1S/C23H29ClN4O.HI/c1-3-25-23(27(2)15-20-11-6-7-12-21(20)24)26-14-8-13-22(29)28-16-18-9-4-5-10-19(18)17-28;/h4-7,9-12H,3,8,13-17H2,1-2H3,(H,25,26);1H. The van der Waals surface area contributed by atoms with E-state index in [1.807, 2.05) is 55.3 Å². The van der Waals surface area contributed by atoms with Crippen molar-refractivity contribution in [2.75, 3.05) is 20.1 Å². The third-order valence-electron chi connectivity index (χ3n) is 5.07. The fourth-order valence-electron chi connectivity index (χ4n) is 3.51. The van der Waals surface area contributed by atoms with Gasteiger partial charge in [0.05, 0.1) is 0 Å². The number of aliphatic imine (C=N–C) groups is 1. The fraction of sp³-hybridized carbons (Fsp3) is 0.391. The van der Waals surface area contributed by atoms with Crippen LogP contribution in [-0.4, -0.2) is 41.8 Å². The highest BCUT2D eigenvalue weighted by molar-refractivity contribution is 14.0. The summed E-state index contributed by atoms with van der Waals surface area (Å²) in [6.45, 7) is 5.57. The summed E-state index contributed by atoms with van der Waals surface area (Å²) in [5.41, 5.74) is 3.58. The number of carbonyl (C=O) groups excluding carboxylic acids is 1. The van der Waals surface area contributed by atoms with Gasteiger partial charge in [-0.3, -0.25) is 9.79 Å². The monoisotopic (exact) mass is 540 g/mol. The van der Waals surface area contributed by atoms with Crippen LogP contribution in [0.3, 0.4) is 0 Å². The van der Waals surface area contributed by atoms with Crippen molar-refractivity contribution in [3.8, 4) is 0 Å². The van der Waals surface area contributed by atoms with Gasteiger partial charge < -0.3 is 15.1 Å². The van der Waals surface area contributed by atoms with Gasteiger partial charge in [-0.05, 0) is 36.1 Å². The molecule has 5 nitrogen and oxygen atoms in total. The van der Waals surface area contributed by atoms with Crippen LogP contribution >= 0.6 is 35.6 Å². The number of halogens is 2. The molecule has 1 N–H and O–H groups in total. The van der Waals surface area contributed by atoms with Crippen LogP contribution in [0.25, 0.3) is 0 Å². The van der Waals surface area contributed by atoms with Crippen molar-refractivity contribution in [3.63, 3.8) is 0 Å². The first-order chi connectivity index (χ1) is 14.1. The summed E-state index contributed by atoms with van der Waals surface area (Å²) in [4.78, 5) is 21.2. The number of carbonyl (C=O) groups is 1. The summed E-state index contributed by atoms with van der Waals surface area (Å²) in [5.74, 6) is 1.03. The molecule has 0 unspecified atom stereocenters.